The number of hydrogen-bond acceptors (Lipinski definition) is 12. The fourth-order valence-electron chi connectivity index (χ4n) is 3.47. The Bertz CT molecular complexity index is 884. The van der Waals surface area contributed by atoms with Crippen LogP contribution in [0.2, 0.25) is 0 Å². The highest BCUT2D eigenvalue weighted by Gasteiger charge is 2.22. The van der Waals surface area contributed by atoms with Gasteiger partial charge in [-0.1, -0.05) is 65.2 Å². The summed E-state index contributed by atoms with van der Waals surface area (Å²) < 4.78 is 35.7. The van der Waals surface area contributed by atoms with E-state index in [1.807, 2.05) is 9.80 Å². The molecule has 0 aliphatic carbocycles. The summed E-state index contributed by atoms with van der Waals surface area (Å²) in [6.07, 6.45) is 7.99. The van der Waals surface area contributed by atoms with Crippen molar-refractivity contribution >= 4 is 17.8 Å². The minimum atomic E-state index is 0.150. The summed E-state index contributed by atoms with van der Waals surface area (Å²) >= 11 is 0. The Kier molecular flexibility index (Phi) is 25.7. The summed E-state index contributed by atoms with van der Waals surface area (Å²) in [6, 6.07) is 0. The van der Waals surface area contributed by atoms with Crippen LogP contribution in [0.25, 0.3) is 0 Å². The molecule has 0 bridgehead atoms. The van der Waals surface area contributed by atoms with E-state index >= 15 is 0 Å². The second-order valence-electron chi connectivity index (χ2n) is 10.2. The van der Waals surface area contributed by atoms with Crippen LogP contribution in [-0.2, 0) is 28.4 Å². The molecule has 0 amide bonds. The van der Waals surface area contributed by atoms with Crippen molar-refractivity contribution in [3.05, 3.63) is 0 Å². The molecule has 1 aromatic heterocycles. The maximum absolute atomic E-state index is 6.00. The monoisotopic (exact) mass is 634 g/mol. The Morgan fingerprint density at radius 1 is 0.444 bits per heavy atom. The Balaban J connectivity index is 3.54. The van der Waals surface area contributed by atoms with Crippen LogP contribution in [0.3, 0.4) is 0 Å². The average molecular weight is 635 g/mol. The van der Waals surface area contributed by atoms with Gasteiger partial charge in [0.25, 0.3) is 0 Å². The molecule has 0 fully saturated rings. The Morgan fingerprint density at radius 2 is 0.711 bits per heavy atom. The topological polar surface area (TPSA) is 104 Å². The minimum absolute atomic E-state index is 0.150. The van der Waals surface area contributed by atoms with E-state index in [1.165, 1.54) is 0 Å². The molecule has 0 aliphatic heterocycles. The zero-order valence-corrected chi connectivity index (χ0v) is 28.8. The van der Waals surface area contributed by atoms with Crippen LogP contribution in [0, 0.1) is 23.7 Å². The van der Waals surface area contributed by atoms with Crippen LogP contribution in [-0.4, -0.2) is 95.0 Å². The Hall–Kier alpha value is -2.71. The molecule has 0 aromatic carbocycles. The number of aromatic nitrogens is 3. The maximum atomic E-state index is 6.00. The lowest BCUT2D eigenvalue weighted by Gasteiger charge is -2.28. The van der Waals surface area contributed by atoms with Gasteiger partial charge in [0.2, 0.25) is 17.8 Å². The summed E-state index contributed by atoms with van der Waals surface area (Å²) in [6.45, 7) is 16.5. The molecular weight excluding hydrogens is 576 g/mol. The number of hydrogen-bond donors (Lipinski definition) is 0. The first-order chi connectivity index (χ1) is 22.1. The third kappa shape index (κ3) is 19.4. The molecule has 0 spiro atoms. The minimum Gasteiger partial charge on any atom is -0.361 e. The lowest BCUT2D eigenvalue weighted by molar-refractivity contribution is 0.0793. The third-order valence-corrected chi connectivity index (χ3v) is 6.20. The molecule has 1 aromatic rings. The van der Waals surface area contributed by atoms with Gasteiger partial charge in [-0.05, 0) is 39.5 Å². The van der Waals surface area contributed by atoms with Crippen molar-refractivity contribution in [1.29, 1.82) is 0 Å². The second kappa shape index (κ2) is 28.7. The summed E-state index contributed by atoms with van der Waals surface area (Å²) in [5.74, 6) is 12.7. The maximum Gasteiger partial charge on any atom is 0.235 e. The molecule has 12 nitrogen and oxygen atoms in total. The molecule has 0 unspecified atom stereocenters. The molecule has 0 radical (unpaired) electrons. The SMILES string of the molecule is CC#CCOCN(COCC#CC)c1nc(N(COCCCC)COCCCC)nc(N(COCCCC)COCCCC)n1. The molecule has 1 heterocycles. The number of unbranched alkanes of at least 4 members (excludes halogenated alkanes) is 4. The molecule has 0 saturated carbocycles. The van der Waals surface area contributed by atoms with Gasteiger partial charge in [0.05, 0.1) is 0 Å². The van der Waals surface area contributed by atoms with E-state index < -0.39 is 0 Å². The summed E-state index contributed by atoms with van der Waals surface area (Å²) in [5, 5.41) is 0. The zero-order valence-electron chi connectivity index (χ0n) is 28.8. The molecule has 0 aliphatic rings. The van der Waals surface area contributed by atoms with Crippen LogP contribution in [0.4, 0.5) is 17.8 Å². The van der Waals surface area contributed by atoms with Gasteiger partial charge < -0.3 is 28.4 Å². The largest absolute Gasteiger partial charge is 0.361 e. The van der Waals surface area contributed by atoms with Crippen molar-refractivity contribution in [2.75, 3.05) is 94.7 Å². The summed E-state index contributed by atoms with van der Waals surface area (Å²) in [7, 11) is 0. The zero-order chi connectivity index (χ0) is 32.8. The predicted molar refractivity (Wildman–Crippen MR) is 179 cm³/mol. The van der Waals surface area contributed by atoms with E-state index in [1.54, 1.807) is 18.7 Å². The highest BCUT2D eigenvalue weighted by molar-refractivity contribution is 5.45. The molecule has 0 atom stereocenters. The van der Waals surface area contributed by atoms with Gasteiger partial charge >= 0.3 is 0 Å². The van der Waals surface area contributed by atoms with Crippen molar-refractivity contribution in [3.8, 4) is 23.7 Å². The first kappa shape index (κ1) is 40.3. The fraction of sp³-hybridized carbons (Fsp3) is 0.788. The van der Waals surface area contributed by atoms with E-state index in [4.69, 9.17) is 43.4 Å². The Morgan fingerprint density at radius 3 is 0.956 bits per heavy atom. The molecular formula is C33H58N6O6. The number of nitrogens with zero attached hydrogens (tertiary/aromatic N) is 6. The van der Waals surface area contributed by atoms with Gasteiger partial charge in [-0.3, -0.25) is 14.7 Å². The fourth-order valence-corrected chi connectivity index (χ4v) is 3.47. The van der Waals surface area contributed by atoms with Crippen LogP contribution >= 0.6 is 0 Å². The first-order valence-electron chi connectivity index (χ1n) is 16.4. The lowest BCUT2D eigenvalue weighted by Crippen LogP contribution is -2.37. The van der Waals surface area contributed by atoms with Gasteiger partial charge in [0.1, 0.15) is 53.6 Å². The third-order valence-electron chi connectivity index (χ3n) is 6.20. The summed E-state index contributed by atoms with van der Waals surface area (Å²) in [4.78, 5) is 20.1. The van der Waals surface area contributed by atoms with E-state index in [2.05, 4.69) is 51.4 Å². The van der Waals surface area contributed by atoms with Gasteiger partial charge in [0.15, 0.2) is 0 Å². The smallest absolute Gasteiger partial charge is 0.235 e. The van der Waals surface area contributed by atoms with Crippen molar-refractivity contribution in [2.45, 2.75) is 92.9 Å². The molecule has 45 heavy (non-hydrogen) atoms. The van der Waals surface area contributed by atoms with Crippen LogP contribution < -0.4 is 14.7 Å². The lowest BCUT2D eigenvalue weighted by atomic mass is 10.4. The van der Waals surface area contributed by atoms with Crippen molar-refractivity contribution in [3.63, 3.8) is 0 Å². The molecule has 0 N–H and O–H groups in total. The van der Waals surface area contributed by atoms with Crippen LogP contribution in [0.1, 0.15) is 92.9 Å². The standard InChI is InChI=1S/C33H58N6O6/c1-7-13-19-40-25-37(26-41-20-14-8-2)31-34-32(38(27-42-21-15-9-3)28-43-22-16-10-4)36-33(35-31)39(29-44-23-17-11-5)30-45-24-18-12-6/h7-10,13-16,19-30H2,1-6H3. The van der Waals surface area contributed by atoms with Gasteiger partial charge in [0, 0.05) is 26.4 Å². The molecule has 0 saturated heterocycles. The predicted octanol–water partition coefficient (Wildman–Crippen LogP) is 5.38. The summed E-state index contributed by atoms with van der Waals surface area (Å²) in [5.41, 5.74) is 0. The number of rotatable bonds is 29. The van der Waals surface area contributed by atoms with Crippen molar-refractivity contribution in [1.82, 2.24) is 15.0 Å². The van der Waals surface area contributed by atoms with Crippen molar-refractivity contribution < 1.29 is 28.4 Å². The van der Waals surface area contributed by atoms with Crippen LogP contribution in [0.5, 0.6) is 0 Å². The first-order valence-corrected chi connectivity index (χ1v) is 16.4. The van der Waals surface area contributed by atoms with E-state index in [9.17, 15) is 0 Å². The van der Waals surface area contributed by atoms with E-state index in [-0.39, 0.29) is 53.6 Å². The molecule has 12 heteroatoms. The van der Waals surface area contributed by atoms with Gasteiger partial charge in [-0.2, -0.15) is 15.0 Å². The van der Waals surface area contributed by atoms with Gasteiger partial charge in [-0.15, -0.1) is 11.8 Å². The second-order valence-corrected chi connectivity index (χ2v) is 10.2. The number of anilines is 3. The highest BCUT2D eigenvalue weighted by Crippen LogP contribution is 2.20. The Labute approximate surface area is 272 Å². The average Bonchev–Trinajstić information content (AvgIpc) is 3.06. The molecule has 256 valence electrons. The number of ether oxygens (including phenoxy) is 6. The highest BCUT2D eigenvalue weighted by atomic mass is 16.5. The quantitative estimate of drug-likeness (QED) is 0.0642. The van der Waals surface area contributed by atoms with E-state index in [0.29, 0.717) is 44.3 Å². The van der Waals surface area contributed by atoms with Crippen molar-refractivity contribution in [2.24, 2.45) is 0 Å². The van der Waals surface area contributed by atoms with E-state index in [0.717, 1.165) is 51.4 Å². The normalized spacial score (nSPS) is 10.6. The molecule has 1 rings (SSSR count). The van der Waals surface area contributed by atoms with Crippen LogP contribution in [0.15, 0.2) is 0 Å². The van der Waals surface area contributed by atoms with Gasteiger partial charge in [-0.25, -0.2) is 0 Å².